The molecule has 3 aromatic rings. The van der Waals surface area contributed by atoms with Gasteiger partial charge in [-0.3, -0.25) is 9.48 Å². The molecule has 0 saturated heterocycles. The fraction of sp³-hybridized carbons (Fsp3) is 0.200. The number of carbonyl (C=O) groups excluding carboxylic acids is 1. The van der Waals surface area contributed by atoms with Crippen LogP contribution in [0.1, 0.15) is 23.0 Å². The Hall–Kier alpha value is -2.59. The maximum absolute atomic E-state index is 12.7. The molecular formula is C20H20ClN3O. The third-order valence-corrected chi connectivity index (χ3v) is 4.49. The molecule has 0 aliphatic rings. The van der Waals surface area contributed by atoms with Gasteiger partial charge in [0.1, 0.15) is 0 Å². The van der Waals surface area contributed by atoms with Crippen molar-refractivity contribution in [1.82, 2.24) is 14.7 Å². The van der Waals surface area contributed by atoms with Gasteiger partial charge in [0, 0.05) is 19.2 Å². The zero-order valence-corrected chi connectivity index (χ0v) is 15.1. The molecule has 0 atom stereocenters. The largest absolute Gasteiger partial charge is 0.336 e. The van der Waals surface area contributed by atoms with Crippen molar-refractivity contribution in [2.45, 2.75) is 20.0 Å². The van der Waals surface area contributed by atoms with Crippen molar-refractivity contribution in [1.29, 1.82) is 0 Å². The highest BCUT2D eigenvalue weighted by atomic mass is 35.5. The summed E-state index contributed by atoms with van der Waals surface area (Å²) >= 11 is 6.19. The third-order valence-electron chi connectivity index (χ3n) is 4.17. The van der Waals surface area contributed by atoms with E-state index in [2.05, 4.69) is 17.2 Å². The van der Waals surface area contributed by atoms with Crippen LogP contribution in [0.4, 0.5) is 0 Å². The molecule has 0 aliphatic carbocycles. The van der Waals surface area contributed by atoms with Gasteiger partial charge in [-0.05, 0) is 30.2 Å². The van der Waals surface area contributed by atoms with Crippen LogP contribution in [0.5, 0.6) is 0 Å². The molecule has 128 valence electrons. The van der Waals surface area contributed by atoms with E-state index in [1.54, 1.807) is 18.1 Å². The number of rotatable bonds is 5. The smallest absolute Gasteiger partial charge is 0.253 e. The van der Waals surface area contributed by atoms with Crippen LogP contribution in [0.2, 0.25) is 5.02 Å². The molecular weight excluding hydrogens is 334 g/mol. The molecule has 0 bridgehead atoms. The van der Waals surface area contributed by atoms with Crippen LogP contribution < -0.4 is 0 Å². The summed E-state index contributed by atoms with van der Waals surface area (Å²) in [6.45, 7) is 3.14. The maximum Gasteiger partial charge on any atom is 0.253 e. The predicted octanol–water partition coefficient (Wildman–Crippen LogP) is 4.50. The van der Waals surface area contributed by atoms with E-state index in [1.165, 1.54) is 0 Å². The lowest BCUT2D eigenvalue weighted by molar-refractivity contribution is 0.0781. The number of hydrogen-bond acceptors (Lipinski definition) is 2. The maximum atomic E-state index is 12.7. The summed E-state index contributed by atoms with van der Waals surface area (Å²) in [4.78, 5) is 14.3. The number of halogens is 1. The molecule has 4 nitrogen and oxygen atoms in total. The van der Waals surface area contributed by atoms with Gasteiger partial charge in [0.25, 0.3) is 5.91 Å². The van der Waals surface area contributed by atoms with Crippen molar-refractivity contribution in [3.63, 3.8) is 0 Å². The topological polar surface area (TPSA) is 38.1 Å². The minimum Gasteiger partial charge on any atom is -0.336 e. The number of amides is 1. The normalized spacial score (nSPS) is 10.7. The van der Waals surface area contributed by atoms with E-state index in [4.69, 9.17) is 11.6 Å². The van der Waals surface area contributed by atoms with E-state index in [-0.39, 0.29) is 5.91 Å². The molecule has 0 radical (unpaired) electrons. The first kappa shape index (κ1) is 17.2. The lowest BCUT2D eigenvalue weighted by Crippen LogP contribution is -2.27. The minimum atomic E-state index is -0.0421. The van der Waals surface area contributed by atoms with Gasteiger partial charge in [-0.2, -0.15) is 5.10 Å². The van der Waals surface area contributed by atoms with Crippen molar-refractivity contribution in [3.8, 4) is 11.1 Å². The Labute approximate surface area is 152 Å². The van der Waals surface area contributed by atoms with Gasteiger partial charge in [0.2, 0.25) is 0 Å². The Morgan fingerprint density at radius 3 is 2.36 bits per heavy atom. The summed E-state index contributed by atoms with van der Waals surface area (Å²) in [5.41, 5.74) is 3.72. The van der Waals surface area contributed by atoms with Crippen molar-refractivity contribution in [2.24, 2.45) is 0 Å². The zero-order valence-electron chi connectivity index (χ0n) is 14.3. The standard InChI is InChI=1S/C20H20ClN3O/c1-3-24-19(18(21)13-22-24)14-23(2)20(25)17-11-9-16(10-12-17)15-7-5-4-6-8-15/h4-13H,3,14H2,1-2H3. The minimum absolute atomic E-state index is 0.0421. The summed E-state index contributed by atoms with van der Waals surface area (Å²) < 4.78 is 1.81. The second-order valence-electron chi connectivity index (χ2n) is 5.86. The molecule has 2 aromatic carbocycles. The summed E-state index contributed by atoms with van der Waals surface area (Å²) in [6, 6.07) is 17.8. The first-order chi connectivity index (χ1) is 12.1. The summed E-state index contributed by atoms with van der Waals surface area (Å²) in [6.07, 6.45) is 1.62. The fourth-order valence-corrected chi connectivity index (χ4v) is 2.97. The van der Waals surface area contributed by atoms with Crippen LogP contribution in [0.25, 0.3) is 11.1 Å². The van der Waals surface area contributed by atoms with Crippen LogP contribution in [-0.2, 0) is 13.1 Å². The van der Waals surface area contributed by atoms with Crippen molar-refractivity contribution < 1.29 is 4.79 Å². The van der Waals surface area contributed by atoms with E-state index in [0.717, 1.165) is 23.4 Å². The molecule has 3 rings (SSSR count). The van der Waals surface area contributed by atoms with E-state index in [0.29, 0.717) is 17.1 Å². The van der Waals surface area contributed by atoms with Gasteiger partial charge in [0.05, 0.1) is 23.5 Å². The van der Waals surface area contributed by atoms with Crippen LogP contribution in [0.15, 0.2) is 60.8 Å². The van der Waals surface area contributed by atoms with E-state index >= 15 is 0 Å². The Kier molecular flexibility index (Phi) is 5.19. The number of hydrogen-bond donors (Lipinski definition) is 0. The van der Waals surface area contributed by atoms with Gasteiger partial charge in [0.15, 0.2) is 0 Å². The van der Waals surface area contributed by atoms with Crippen LogP contribution in [0.3, 0.4) is 0 Å². The molecule has 1 aromatic heterocycles. The quantitative estimate of drug-likeness (QED) is 0.677. The summed E-state index contributed by atoms with van der Waals surface area (Å²) in [5, 5.41) is 4.80. The molecule has 0 aliphatic heterocycles. The van der Waals surface area contributed by atoms with Gasteiger partial charge in [-0.15, -0.1) is 0 Å². The highest BCUT2D eigenvalue weighted by Crippen LogP contribution is 2.21. The van der Waals surface area contributed by atoms with Gasteiger partial charge in [-0.25, -0.2) is 0 Å². The predicted molar refractivity (Wildman–Crippen MR) is 101 cm³/mol. The second kappa shape index (κ2) is 7.53. The lowest BCUT2D eigenvalue weighted by atomic mass is 10.0. The molecule has 0 N–H and O–H groups in total. The average molecular weight is 354 g/mol. The number of aryl methyl sites for hydroxylation is 1. The Morgan fingerprint density at radius 2 is 1.72 bits per heavy atom. The molecule has 1 heterocycles. The van der Waals surface area contributed by atoms with Crippen LogP contribution in [-0.4, -0.2) is 27.6 Å². The van der Waals surface area contributed by atoms with Crippen molar-refractivity contribution >= 4 is 17.5 Å². The zero-order chi connectivity index (χ0) is 17.8. The van der Waals surface area contributed by atoms with Gasteiger partial charge >= 0.3 is 0 Å². The molecule has 5 heteroatoms. The number of aromatic nitrogens is 2. The Bertz CT molecular complexity index is 856. The second-order valence-corrected chi connectivity index (χ2v) is 6.27. The molecule has 0 spiro atoms. The number of carbonyl (C=O) groups is 1. The summed E-state index contributed by atoms with van der Waals surface area (Å²) in [7, 11) is 1.77. The fourth-order valence-electron chi connectivity index (χ4n) is 2.77. The molecule has 1 amide bonds. The van der Waals surface area contributed by atoms with Crippen molar-refractivity contribution in [2.75, 3.05) is 7.05 Å². The van der Waals surface area contributed by atoms with E-state index in [1.807, 2.05) is 54.1 Å². The number of benzene rings is 2. The highest BCUT2D eigenvalue weighted by molar-refractivity contribution is 6.31. The third kappa shape index (κ3) is 3.74. The first-order valence-corrected chi connectivity index (χ1v) is 8.59. The first-order valence-electron chi connectivity index (χ1n) is 8.21. The van der Waals surface area contributed by atoms with E-state index < -0.39 is 0 Å². The monoisotopic (exact) mass is 353 g/mol. The highest BCUT2D eigenvalue weighted by Gasteiger charge is 2.16. The molecule has 0 unspecified atom stereocenters. The molecule has 0 saturated carbocycles. The van der Waals surface area contributed by atoms with Crippen LogP contribution >= 0.6 is 11.6 Å². The summed E-state index contributed by atoms with van der Waals surface area (Å²) in [5.74, 6) is -0.0421. The number of nitrogens with zero attached hydrogens (tertiary/aromatic N) is 3. The van der Waals surface area contributed by atoms with Crippen molar-refractivity contribution in [3.05, 3.63) is 77.1 Å². The average Bonchev–Trinajstić information content (AvgIpc) is 3.01. The van der Waals surface area contributed by atoms with E-state index in [9.17, 15) is 4.79 Å². The Morgan fingerprint density at radius 1 is 1.08 bits per heavy atom. The Balaban J connectivity index is 1.75. The van der Waals surface area contributed by atoms with Gasteiger partial charge < -0.3 is 4.90 Å². The van der Waals surface area contributed by atoms with Crippen LogP contribution in [0, 0.1) is 0 Å². The molecule has 0 fully saturated rings. The lowest BCUT2D eigenvalue weighted by Gasteiger charge is -2.18. The SMILES string of the molecule is CCn1ncc(Cl)c1CN(C)C(=O)c1ccc(-c2ccccc2)cc1. The van der Waals surface area contributed by atoms with Gasteiger partial charge in [-0.1, -0.05) is 54.1 Å². The molecule has 25 heavy (non-hydrogen) atoms.